The molecule has 1 unspecified atom stereocenters. The van der Waals surface area contributed by atoms with Gasteiger partial charge in [0.2, 0.25) is 6.23 Å². The van der Waals surface area contributed by atoms with Crippen molar-refractivity contribution in [2.45, 2.75) is 6.23 Å². The smallest absolute Gasteiger partial charge is 0.327 e. The van der Waals surface area contributed by atoms with E-state index in [1.807, 2.05) is 53.4 Å². The van der Waals surface area contributed by atoms with Crippen molar-refractivity contribution in [1.29, 1.82) is 0 Å². The van der Waals surface area contributed by atoms with Gasteiger partial charge in [0.1, 0.15) is 18.0 Å². The summed E-state index contributed by atoms with van der Waals surface area (Å²) < 4.78 is 15.8. The second-order valence-corrected chi connectivity index (χ2v) is 4.94. The highest BCUT2D eigenvalue weighted by Crippen LogP contribution is 2.34. The molecule has 22 heavy (non-hydrogen) atoms. The van der Waals surface area contributed by atoms with Gasteiger partial charge < -0.3 is 19.1 Å². The molecule has 1 fully saturated rings. The molecule has 114 valence electrons. The molecule has 1 heterocycles. The van der Waals surface area contributed by atoms with Crippen molar-refractivity contribution < 1.29 is 19.0 Å². The third-order valence-electron chi connectivity index (χ3n) is 3.63. The zero-order valence-corrected chi connectivity index (χ0v) is 12.5. The molecule has 0 amide bonds. The minimum atomic E-state index is -0.424. The van der Waals surface area contributed by atoms with Crippen LogP contribution in [0.2, 0.25) is 0 Å². The average Bonchev–Trinajstić information content (AvgIpc) is 2.97. The van der Waals surface area contributed by atoms with E-state index >= 15 is 0 Å². The predicted octanol–water partition coefficient (Wildman–Crippen LogP) is 2.77. The summed E-state index contributed by atoms with van der Waals surface area (Å²) in [4.78, 5) is 13.7. The predicted molar refractivity (Wildman–Crippen MR) is 82.2 cm³/mol. The average molecular weight is 299 g/mol. The van der Waals surface area contributed by atoms with Crippen molar-refractivity contribution in [1.82, 2.24) is 0 Å². The summed E-state index contributed by atoms with van der Waals surface area (Å²) in [5.41, 5.74) is 1.81. The van der Waals surface area contributed by atoms with Crippen molar-refractivity contribution in [3.05, 3.63) is 54.1 Å². The fraction of sp³-hybridized carbons (Fsp3) is 0.235. The summed E-state index contributed by atoms with van der Waals surface area (Å²) in [6.45, 7) is 0.225. The molecule has 0 radical (unpaired) electrons. The molecule has 0 aliphatic carbocycles. The molecule has 5 heteroatoms. The summed E-state index contributed by atoms with van der Waals surface area (Å²) in [5.74, 6) is 1.30. The molecule has 2 aromatic carbocycles. The first-order chi connectivity index (χ1) is 10.7. The van der Waals surface area contributed by atoms with Gasteiger partial charge in [-0.3, -0.25) is 4.79 Å². The third kappa shape index (κ3) is 2.70. The van der Waals surface area contributed by atoms with E-state index in [1.54, 1.807) is 14.2 Å². The Morgan fingerprint density at radius 2 is 1.50 bits per heavy atom. The van der Waals surface area contributed by atoms with Gasteiger partial charge in [-0.2, -0.15) is 0 Å². The lowest BCUT2D eigenvalue weighted by Crippen LogP contribution is -2.23. The molecule has 1 atom stereocenters. The number of cyclic esters (lactones) is 1. The maximum Gasteiger partial charge on any atom is 0.327 e. The van der Waals surface area contributed by atoms with Crippen molar-refractivity contribution in [3.8, 4) is 11.5 Å². The van der Waals surface area contributed by atoms with Crippen LogP contribution in [0.15, 0.2) is 48.5 Å². The number of nitrogens with zero attached hydrogens (tertiary/aromatic N) is 1. The molecule has 1 aliphatic heterocycles. The highest BCUT2D eigenvalue weighted by molar-refractivity contribution is 5.80. The number of ether oxygens (including phenoxy) is 3. The van der Waals surface area contributed by atoms with Crippen LogP contribution < -0.4 is 14.4 Å². The number of esters is 1. The lowest BCUT2D eigenvalue weighted by atomic mass is 10.1. The van der Waals surface area contributed by atoms with Gasteiger partial charge in [0.05, 0.1) is 14.2 Å². The Kier molecular flexibility index (Phi) is 3.87. The highest BCUT2D eigenvalue weighted by Gasteiger charge is 2.33. The van der Waals surface area contributed by atoms with Crippen LogP contribution in [0.1, 0.15) is 11.8 Å². The molecule has 2 aromatic rings. The Balaban J connectivity index is 1.88. The summed E-state index contributed by atoms with van der Waals surface area (Å²) in [6.07, 6.45) is -0.424. The SMILES string of the molecule is COc1ccc(C2OC(=O)CN2c2ccc(OC)cc2)cc1. The van der Waals surface area contributed by atoms with Crippen LogP contribution >= 0.6 is 0 Å². The largest absolute Gasteiger partial charge is 0.497 e. The first-order valence-corrected chi connectivity index (χ1v) is 6.95. The van der Waals surface area contributed by atoms with Gasteiger partial charge in [-0.25, -0.2) is 0 Å². The Morgan fingerprint density at radius 1 is 0.955 bits per heavy atom. The lowest BCUT2D eigenvalue weighted by molar-refractivity contribution is -0.140. The number of methoxy groups -OCH3 is 2. The fourth-order valence-electron chi connectivity index (χ4n) is 2.46. The van der Waals surface area contributed by atoms with Crippen molar-refractivity contribution in [2.75, 3.05) is 25.7 Å². The first kappa shape index (κ1) is 14.3. The number of carbonyl (C=O) groups excluding carboxylic acids is 1. The van der Waals surface area contributed by atoms with E-state index in [9.17, 15) is 4.79 Å². The van der Waals surface area contributed by atoms with Crippen LogP contribution in [-0.2, 0) is 9.53 Å². The van der Waals surface area contributed by atoms with Gasteiger partial charge in [-0.15, -0.1) is 0 Å². The Hall–Kier alpha value is -2.69. The molecule has 0 spiro atoms. The van der Waals surface area contributed by atoms with Gasteiger partial charge >= 0.3 is 5.97 Å². The summed E-state index contributed by atoms with van der Waals surface area (Å²) >= 11 is 0. The monoisotopic (exact) mass is 299 g/mol. The van der Waals surface area contributed by atoms with Gasteiger partial charge in [-0.05, 0) is 48.5 Å². The van der Waals surface area contributed by atoms with E-state index in [0.717, 1.165) is 22.7 Å². The van der Waals surface area contributed by atoms with Gasteiger partial charge in [0.15, 0.2) is 0 Å². The van der Waals surface area contributed by atoms with Crippen molar-refractivity contribution in [2.24, 2.45) is 0 Å². The zero-order valence-electron chi connectivity index (χ0n) is 12.5. The summed E-state index contributed by atoms with van der Waals surface area (Å²) in [6, 6.07) is 15.1. The van der Waals surface area contributed by atoms with Crippen LogP contribution in [0.3, 0.4) is 0 Å². The van der Waals surface area contributed by atoms with Crippen molar-refractivity contribution >= 4 is 11.7 Å². The molecule has 3 rings (SSSR count). The molecule has 1 aliphatic rings. The molecule has 0 N–H and O–H groups in total. The first-order valence-electron chi connectivity index (χ1n) is 6.95. The van der Waals surface area contributed by atoms with Crippen molar-refractivity contribution in [3.63, 3.8) is 0 Å². The molecule has 0 aromatic heterocycles. The lowest BCUT2D eigenvalue weighted by Gasteiger charge is -2.24. The molecule has 0 saturated carbocycles. The number of carbonyl (C=O) groups is 1. The highest BCUT2D eigenvalue weighted by atomic mass is 16.6. The van der Waals surface area contributed by atoms with Gasteiger partial charge in [0.25, 0.3) is 0 Å². The van der Waals surface area contributed by atoms with Gasteiger partial charge in [-0.1, -0.05) is 0 Å². The second kappa shape index (κ2) is 5.97. The molecule has 0 bridgehead atoms. The quantitative estimate of drug-likeness (QED) is 0.812. The minimum Gasteiger partial charge on any atom is -0.497 e. The number of rotatable bonds is 4. The topological polar surface area (TPSA) is 48.0 Å². The van der Waals surface area contributed by atoms with Crippen LogP contribution in [0, 0.1) is 0 Å². The van der Waals surface area contributed by atoms with Crippen LogP contribution in [0.4, 0.5) is 5.69 Å². The second-order valence-electron chi connectivity index (χ2n) is 4.94. The molecular formula is C17H17NO4. The maximum absolute atomic E-state index is 11.7. The number of hydrogen-bond acceptors (Lipinski definition) is 5. The molecular weight excluding hydrogens is 282 g/mol. The summed E-state index contributed by atoms with van der Waals surface area (Å²) in [7, 11) is 3.24. The molecule has 1 saturated heterocycles. The third-order valence-corrected chi connectivity index (χ3v) is 3.63. The van der Waals surface area contributed by atoms with Crippen LogP contribution in [0.25, 0.3) is 0 Å². The van der Waals surface area contributed by atoms with Gasteiger partial charge in [0, 0.05) is 11.3 Å². The Labute approximate surface area is 129 Å². The number of benzene rings is 2. The van der Waals surface area contributed by atoms with E-state index in [2.05, 4.69) is 0 Å². The van der Waals surface area contributed by atoms with E-state index in [1.165, 1.54) is 0 Å². The van der Waals surface area contributed by atoms with E-state index in [-0.39, 0.29) is 12.5 Å². The number of anilines is 1. The summed E-state index contributed by atoms with van der Waals surface area (Å²) in [5, 5.41) is 0. The zero-order chi connectivity index (χ0) is 15.5. The fourth-order valence-corrected chi connectivity index (χ4v) is 2.46. The standard InChI is InChI=1S/C17H17NO4/c1-20-14-7-3-12(4-8-14)17-18(11-16(19)22-17)13-5-9-15(21-2)10-6-13/h3-10,17H,11H2,1-2H3. The normalized spacial score (nSPS) is 17.3. The Bertz CT molecular complexity index is 594. The van der Waals surface area contributed by atoms with Crippen LogP contribution in [0.5, 0.6) is 11.5 Å². The Morgan fingerprint density at radius 3 is 2.05 bits per heavy atom. The van der Waals surface area contributed by atoms with E-state index in [4.69, 9.17) is 14.2 Å². The number of hydrogen-bond donors (Lipinski definition) is 0. The molecule has 5 nitrogen and oxygen atoms in total. The minimum absolute atomic E-state index is 0.225. The maximum atomic E-state index is 11.7. The van der Waals surface area contributed by atoms with Crippen LogP contribution in [-0.4, -0.2) is 26.7 Å². The van der Waals surface area contributed by atoms with E-state index < -0.39 is 6.23 Å². The van der Waals surface area contributed by atoms with E-state index in [0.29, 0.717) is 0 Å².